The molecule has 1 fully saturated rings. The lowest BCUT2D eigenvalue weighted by Gasteiger charge is -2.41. The molecule has 0 amide bonds. The van der Waals surface area contributed by atoms with Crippen molar-refractivity contribution in [1.82, 2.24) is 10.2 Å². The van der Waals surface area contributed by atoms with Crippen LogP contribution in [0, 0.1) is 0 Å². The van der Waals surface area contributed by atoms with Crippen molar-refractivity contribution in [3.63, 3.8) is 0 Å². The average molecular weight is 201 g/mol. The number of piperidine rings is 1. The number of likely N-dealkylation sites (N-methyl/N-ethyl adjacent to an activating group) is 1. The van der Waals surface area contributed by atoms with E-state index in [9.17, 15) is 0 Å². The number of rotatable bonds is 5. The van der Waals surface area contributed by atoms with Crippen molar-refractivity contribution >= 4 is 0 Å². The lowest BCUT2D eigenvalue weighted by molar-refractivity contribution is 0.131. The van der Waals surface area contributed by atoms with Crippen LogP contribution < -0.4 is 11.1 Å². The number of nitrogens with two attached hydrogens (primary N) is 1. The molecule has 1 unspecified atom stereocenters. The van der Waals surface area contributed by atoms with Gasteiger partial charge in [0.15, 0.2) is 0 Å². The number of methoxy groups -OCH3 is 1. The molecule has 84 valence electrons. The molecule has 1 rings (SSSR count). The first kappa shape index (κ1) is 11.9. The first-order valence-electron chi connectivity index (χ1n) is 5.35. The van der Waals surface area contributed by atoms with Crippen LogP contribution in [0.1, 0.15) is 12.8 Å². The Kier molecular flexibility index (Phi) is 4.81. The van der Waals surface area contributed by atoms with Crippen molar-refractivity contribution in [3.8, 4) is 0 Å². The zero-order valence-corrected chi connectivity index (χ0v) is 9.38. The fourth-order valence-electron chi connectivity index (χ4n) is 2.16. The van der Waals surface area contributed by atoms with Gasteiger partial charge in [-0.2, -0.15) is 0 Å². The summed E-state index contributed by atoms with van der Waals surface area (Å²) < 4.78 is 5.03. The van der Waals surface area contributed by atoms with E-state index in [4.69, 9.17) is 10.5 Å². The van der Waals surface area contributed by atoms with Crippen LogP contribution in [-0.2, 0) is 4.74 Å². The van der Waals surface area contributed by atoms with Gasteiger partial charge < -0.3 is 20.7 Å². The lowest BCUT2D eigenvalue weighted by Crippen LogP contribution is -2.60. The molecular formula is C10H23N3O. The highest BCUT2D eigenvalue weighted by Gasteiger charge is 2.31. The van der Waals surface area contributed by atoms with Crippen LogP contribution >= 0.6 is 0 Å². The maximum atomic E-state index is 5.85. The van der Waals surface area contributed by atoms with E-state index in [1.54, 1.807) is 7.11 Å². The largest absolute Gasteiger partial charge is 0.383 e. The van der Waals surface area contributed by atoms with Gasteiger partial charge in [-0.15, -0.1) is 0 Å². The van der Waals surface area contributed by atoms with E-state index in [-0.39, 0.29) is 5.54 Å². The van der Waals surface area contributed by atoms with Gasteiger partial charge in [-0.25, -0.2) is 0 Å². The quantitative estimate of drug-likeness (QED) is 0.597. The smallest absolute Gasteiger partial charge is 0.0587 e. The molecule has 3 N–H and O–H groups in total. The Labute approximate surface area is 86.8 Å². The monoisotopic (exact) mass is 201 g/mol. The number of likely N-dealkylation sites (tertiary alicyclic amines) is 1. The average Bonchev–Trinajstić information content (AvgIpc) is 2.18. The summed E-state index contributed by atoms with van der Waals surface area (Å²) in [6.45, 7) is 4.59. The molecule has 0 aliphatic carbocycles. The summed E-state index contributed by atoms with van der Waals surface area (Å²) in [5, 5.41) is 3.52. The number of hydrogen-bond acceptors (Lipinski definition) is 4. The van der Waals surface area contributed by atoms with E-state index >= 15 is 0 Å². The first-order chi connectivity index (χ1) is 6.72. The Morgan fingerprint density at radius 2 is 2.36 bits per heavy atom. The molecule has 1 heterocycles. The summed E-state index contributed by atoms with van der Waals surface area (Å²) >= 11 is 0. The maximum absolute atomic E-state index is 5.85. The molecule has 1 aliphatic heterocycles. The fourth-order valence-corrected chi connectivity index (χ4v) is 2.16. The van der Waals surface area contributed by atoms with Crippen LogP contribution in [0.3, 0.4) is 0 Å². The number of nitrogens with zero attached hydrogens (tertiary/aromatic N) is 1. The van der Waals surface area contributed by atoms with Gasteiger partial charge in [0.2, 0.25) is 0 Å². The molecule has 14 heavy (non-hydrogen) atoms. The minimum Gasteiger partial charge on any atom is -0.383 e. The molecule has 0 spiro atoms. The van der Waals surface area contributed by atoms with Gasteiger partial charge in [-0.05, 0) is 26.4 Å². The third-order valence-electron chi connectivity index (χ3n) is 2.96. The number of ether oxygens (including phenoxy) is 1. The molecule has 1 saturated heterocycles. The van der Waals surface area contributed by atoms with Crippen LogP contribution in [-0.4, -0.2) is 57.4 Å². The molecule has 4 heteroatoms. The molecule has 0 aromatic carbocycles. The molecular weight excluding hydrogens is 178 g/mol. The van der Waals surface area contributed by atoms with Gasteiger partial charge in [0.05, 0.1) is 6.61 Å². The minimum atomic E-state index is 0.117. The van der Waals surface area contributed by atoms with E-state index in [1.807, 2.05) is 0 Å². The third-order valence-corrected chi connectivity index (χ3v) is 2.96. The third kappa shape index (κ3) is 3.20. The Bertz CT molecular complexity index is 165. The Morgan fingerprint density at radius 3 is 2.93 bits per heavy atom. The molecule has 0 radical (unpaired) electrons. The zero-order valence-electron chi connectivity index (χ0n) is 9.38. The summed E-state index contributed by atoms with van der Waals surface area (Å²) in [6, 6.07) is 0. The maximum Gasteiger partial charge on any atom is 0.0587 e. The molecule has 0 bridgehead atoms. The Balaban J connectivity index is 2.39. The molecule has 0 aromatic rings. The molecule has 4 nitrogen and oxygen atoms in total. The summed E-state index contributed by atoms with van der Waals surface area (Å²) in [5.41, 5.74) is 5.97. The SMILES string of the molecule is COCCNC1(CN)CCCN(C)C1. The second-order valence-electron chi connectivity index (χ2n) is 4.25. The Morgan fingerprint density at radius 1 is 1.57 bits per heavy atom. The molecule has 0 aromatic heterocycles. The van der Waals surface area contributed by atoms with Crippen LogP contribution in [0.25, 0.3) is 0 Å². The van der Waals surface area contributed by atoms with Crippen molar-refractivity contribution in [2.75, 3.05) is 46.9 Å². The van der Waals surface area contributed by atoms with Crippen molar-refractivity contribution in [1.29, 1.82) is 0 Å². The van der Waals surface area contributed by atoms with Crippen molar-refractivity contribution in [3.05, 3.63) is 0 Å². The van der Waals surface area contributed by atoms with Gasteiger partial charge in [0.1, 0.15) is 0 Å². The van der Waals surface area contributed by atoms with Crippen LogP contribution in [0.2, 0.25) is 0 Å². The van der Waals surface area contributed by atoms with Crippen LogP contribution in [0.5, 0.6) is 0 Å². The first-order valence-corrected chi connectivity index (χ1v) is 5.35. The molecule has 0 saturated carbocycles. The Hall–Kier alpha value is -0.160. The summed E-state index contributed by atoms with van der Waals surface area (Å²) in [7, 11) is 3.88. The second-order valence-corrected chi connectivity index (χ2v) is 4.25. The van der Waals surface area contributed by atoms with Gasteiger partial charge in [0, 0.05) is 32.3 Å². The summed E-state index contributed by atoms with van der Waals surface area (Å²) in [4.78, 5) is 2.34. The van der Waals surface area contributed by atoms with E-state index < -0.39 is 0 Å². The van der Waals surface area contributed by atoms with E-state index in [1.165, 1.54) is 19.4 Å². The fraction of sp³-hybridized carbons (Fsp3) is 1.00. The lowest BCUT2D eigenvalue weighted by atomic mass is 9.89. The van der Waals surface area contributed by atoms with E-state index in [0.29, 0.717) is 6.54 Å². The summed E-state index contributed by atoms with van der Waals surface area (Å²) in [6.07, 6.45) is 2.41. The number of nitrogens with one attached hydrogen (secondary N) is 1. The topological polar surface area (TPSA) is 50.5 Å². The molecule has 1 aliphatic rings. The van der Waals surface area contributed by atoms with Crippen LogP contribution in [0.15, 0.2) is 0 Å². The normalized spacial score (nSPS) is 29.4. The predicted molar refractivity (Wildman–Crippen MR) is 58.4 cm³/mol. The number of hydrogen-bond donors (Lipinski definition) is 2. The van der Waals surface area contributed by atoms with Crippen molar-refractivity contribution in [2.24, 2.45) is 5.73 Å². The van der Waals surface area contributed by atoms with Gasteiger partial charge >= 0.3 is 0 Å². The predicted octanol–water partition coefficient (Wildman–Crippen LogP) is -0.354. The minimum absolute atomic E-state index is 0.117. The van der Waals surface area contributed by atoms with Gasteiger partial charge in [-0.1, -0.05) is 0 Å². The van der Waals surface area contributed by atoms with Gasteiger partial charge in [0.25, 0.3) is 0 Å². The van der Waals surface area contributed by atoms with Crippen molar-refractivity contribution in [2.45, 2.75) is 18.4 Å². The highest BCUT2D eigenvalue weighted by Crippen LogP contribution is 2.18. The standard InChI is InChI=1S/C10H23N3O/c1-13-6-3-4-10(8-11,9-13)12-5-7-14-2/h12H,3-9,11H2,1-2H3. The van der Waals surface area contributed by atoms with E-state index in [0.717, 1.165) is 19.7 Å². The van der Waals surface area contributed by atoms with Crippen molar-refractivity contribution < 1.29 is 4.74 Å². The van der Waals surface area contributed by atoms with Gasteiger partial charge in [-0.3, -0.25) is 0 Å². The highest BCUT2D eigenvalue weighted by atomic mass is 16.5. The second kappa shape index (κ2) is 5.66. The van der Waals surface area contributed by atoms with E-state index in [2.05, 4.69) is 17.3 Å². The molecule has 1 atom stereocenters. The van der Waals surface area contributed by atoms with Crippen LogP contribution in [0.4, 0.5) is 0 Å². The zero-order chi connectivity index (χ0) is 10.4. The highest BCUT2D eigenvalue weighted by molar-refractivity contribution is 4.94. The summed E-state index contributed by atoms with van der Waals surface area (Å²) in [5.74, 6) is 0.